The molecule has 3 aromatic carbocycles. The molecule has 1 aliphatic rings. The largest absolute Gasteiger partial charge is 0.489 e. The number of esters is 1. The zero-order chi connectivity index (χ0) is 24.1. The summed E-state index contributed by atoms with van der Waals surface area (Å²) in [5.41, 5.74) is 2.53. The summed E-state index contributed by atoms with van der Waals surface area (Å²) in [7, 11) is 1.30. The van der Waals surface area contributed by atoms with Crippen molar-refractivity contribution in [2.24, 2.45) is 0 Å². The number of hydrogen-bond donors (Lipinski definition) is 0. The van der Waals surface area contributed by atoms with Crippen molar-refractivity contribution < 1.29 is 19.1 Å². The van der Waals surface area contributed by atoms with Gasteiger partial charge in [-0.3, -0.25) is 9.69 Å². The lowest BCUT2D eigenvalue weighted by Crippen LogP contribution is -2.37. The molecule has 1 fully saturated rings. The SMILES string of the molecule is COC(=O)C(c1ccccc1)N1C(=O)/C(=C\c2ccc(OCc3ccc(Br)cc3)cc2)SC1=S. The molecule has 1 atom stereocenters. The topological polar surface area (TPSA) is 55.8 Å². The number of carbonyl (C=O) groups is 2. The molecule has 0 radical (unpaired) electrons. The van der Waals surface area contributed by atoms with E-state index in [9.17, 15) is 9.59 Å². The number of methoxy groups -OCH3 is 1. The van der Waals surface area contributed by atoms with Crippen LogP contribution in [-0.4, -0.2) is 28.2 Å². The summed E-state index contributed by atoms with van der Waals surface area (Å²) in [5, 5.41) is 0. The lowest BCUT2D eigenvalue weighted by atomic mass is 10.1. The van der Waals surface area contributed by atoms with E-state index in [0.29, 0.717) is 21.4 Å². The summed E-state index contributed by atoms with van der Waals surface area (Å²) in [6.45, 7) is 0.458. The monoisotopic (exact) mass is 553 g/mol. The summed E-state index contributed by atoms with van der Waals surface area (Å²) < 4.78 is 12.1. The molecule has 4 rings (SSSR count). The number of hydrogen-bond acceptors (Lipinski definition) is 6. The van der Waals surface area contributed by atoms with Crippen LogP contribution in [0.2, 0.25) is 0 Å². The van der Waals surface area contributed by atoms with Gasteiger partial charge < -0.3 is 9.47 Å². The second-order valence-electron chi connectivity index (χ2n) is 7.37. The van der Waals surface area contributed by atoms with E-state index in [4.69, 9.17) is 21.7 Å². The van der Waals surface area contributed by atoms with E-state index in [-0.39, 0.29) is 5.91 Å². The van der Waals surface area contributed by atoms with Crippen molar-refractivity contribution >= 4 is 62.2 Å². The number of nitrogens with zero attached hydrogens (tertiary/aromatic N) is 1. The maximum atomic E-state index is 13.2. The van der Waals surface area contributed by atoms with Crippen LogP contribution in [0.5, 0.6) is 5.75 Å². The van der Waals surface area contributed by atoms with Crippen molar-refractivity contribution in [2.75, 3.05) is 7.11 Å². The van der Waals surface area contributed by atoms with Crippen LogP contribution < -0.4 is 4.74 Å². The van der Waals surface area contributed by atoms with Crippen LogP contribution in [0.1, 0.15) is 22.7 Å². The van der Waals surface area contributed by atoms with Gasteiger partial charge in [0.25, 0.3) is 5.91 Å². The fourth-order valence-electron chi connectivity index (χ4n) is 3.40. The van der Waals surface area contributed by atoms with Crippen molar-refractivity contribution in [1.29, 1.82) is 0 Å². The average molecular weight is 554 g/mol. The number of carbonyl (C=O) groups excluding carboxylic acids is 2. The standard InChI is InChI=1S/C26H20BrNO4S2/c1-31-25(30)23(19-5-3-2-4-6-19)28-24(29)22(34-26(28)33)15-17-9-13-21(14-10-17)32-16-18-7-11-20(27)12-8-18/h2-15,23H,16H2,1H3/b22-15+. The molecule has 1 aliphatic heterocycles. The van der Waals surface area contributed by atoms with Crippen LogP contribution in [-0.2, 0) is 20.9 Å². The molecule has 5 nitrogen and oxygen atoms in total. The zero-order valence-corrected chi connectivity index (χ0v) is 21.4. The van der Waals surface area contributed by atoms with Crippen molar-refractivity contribution in [1.82, 2.24) is 4.90 Å². The van der Waals surface area contributed by atoms with E-state index in [2.05, 4.69) is 15.9 Å². The van der Waals surface area contributed by atoms with Crippen LogP contribution in [0.25, 0.3) is 6.08 Å². The molecule has 1 heterocycles. The van der Waals surface area contributed by atoms with Gasteiger partial charge in [-0.2, -0.15) is 0 Å². The van der Waals surface area contributed by atoms with Crippen molar-refractivity contribution in [2.45, 2.75) is 12.6 Å². The van der Waals surface area contributed by atoms with Gasteiger partial charge in [0.2, 0.25) is 0 Å². The van der Waals surface area contributed by atoms with Gasteiger partial charge in [0, 0.05) is 4.47 Å². The highest BCUT2D eigenvalue weighted by molar-refractivity contribution is 9.10. The molecule has 1 saturated heterocycles. The third-order valence-corrected chi connectivity index (χ3v) is 6.98. The van der Waals surface area contributed by atoms with Crippen molar-refractivity contribution in [3.8, 4) is 5.75 Å². The van der Waals surface area contributed by atoms with Gasteiger partial charge in [0.15, 0.2) is 6.04 Å². The summed E-state index contributed by atoms with van der Waals surface area (Å²) >= 11 is 10.0. The number of thiocarbonyl (C=S) groups is 1. The Bertz CT molecular complexity index is 1230. The van der Waals surface area contributed by atoms with Gasteiger partial charge in [0.1, 0.15) is 16.7 Å². The molecule has 0 N–H and O–H groups in total. The van der Waals surface area contributed by atoms with Crippen LogP contribution in [0, 0.1) is 0 Å². The third kappa shape index (κ3) is 5.58. The summed E-state index contributed by atoms with van der Waals surface area (Å²) in [6, 6.07) is 23.5. The van der Waals surface area contributed by atoms with Gasteiger partial charge in [-0.05, 0) is 47.0 Å². The molecule has 1 unspecified atom stereocenters. The van der Waals surface area contributed by atoms with E-state index in [0.717, 1.165) is 21.3 Å². The van der Waals surface area contributed by atoms with Crippen LogP contribution in [0.15, 0.2) is 88.2 Å². The summed E-state index contributed by atoms with van der Waals surface area (Å²) in [6.07, 6.45) is 1.76. The fraction of sp³-hybridized carbons (Fsp3) is 0.115. The first-order valence-electron chi connectivity index (χ1n) is 10.3. The van der Waals surface area contributed by atoms with Gasteiger partial charge in [-0.25, -0.2) is 4.79 Å². The predicted octanol–water partition coefficient (Wildman–Crippen LogP) is 6.14. The minimum Gasteiger partial charge on any atom is -0.489 e. The molecule has 0 saturated carbocycles. The zero-order valence-electron chi connectivity index (χ0n) is 18.1. The summed E-state index contributed by atoms with van der Waals surface area (Å²) in [4.78, 5) is 27.5. The van der Waals surface area contributed by atoms with E-state index >= 15 is 0 Å². The number of thioether (sulfide) groups is 1. The Morgan fingerprint density at radius 3 is 2.38 bits per heavy atom. The van der Waals surface area contributed by atoms with Crippen LogP contribution in [0.3, 0.4) is 0 Å². The molecular formula is C26H20BrNO4S2. The first-order chi connectivity index (χ1) is 16.5. The minimum atomic E-state index is -0.931. The maximum absolute atomic E-state index is 13.2. The smallest absolute Gasteiger partial charge is 0.333 e. The van der Waals surface area contributed by atoms with Crippen LogP contribution >= 0.6 is 39.9 Å². The molecule has 34 heavy (non-hydrogen) atoms. The van der Waals surface area contributed by atoms with E-state index in [1.807, 2.05) is 54.6 Å². The fourth-order valence-corrected chi connectivity index (χ4v) is 4.98. The predicted molar refractivity (Wildman–Crippen MR) is 141 cm³/mol. The van der Waals surface area contributed by atoms with Crippen LogP contribution in [0.4, 0.5) is 0 Å². The lowest BCUT2D eigenvalue weighted by molar-refractivity contribution is -0.148. The van der Waals surface area contributed by atoms with E-state index < -0.39 is 12.0 Å². The number of benzene rings is 3. The highest BCUT2D eigenvalue weighted by atomic mass is 79.9. The highest BCUT2D eigenvalue weighted by Gasteiger charge is 2.41. The molecule has 0 aromatic heterocycles. The molecule has 0 aliphatic carbocycles. The second kappa shape index (κ2) is 11.0. The lowest BCUT2D eigenvalue weighted by Gasteiger charge is -2.24. The first kappa shape index (κ1) is 24.2. The van der Waals surface area contributed by atoms with Gasteiger partial charge in [0.05, 0.1) is 12.0 Å². The van der Waals surface area contributed by atoms with Crippen molar-refractivity contribution in [3.05, 3.63) is 105 Å². The number of halogens is 1. The Balaban J connectivity index is 1.49. The number of rotatable bonds is 7. The molecule has 3 aromatic rings. The third-order valence-electron chi connectivity index (χ3n) is 5.12. The maximum Gasteiger partial charge on any atom is 0.333 e. The van der Waals surface area contributed by atoms with E-state index in [1.54, 1.807) is 30.3 Å². The molecule has 1 amide bonds. The molecule has 172 valence electrons. The average Bonchev–Trinajstić information content (AvgIpc) is 3.13. The first-order valence-corrected chi connectivity index (χ1v) is 12.3. The molecule has 0 bridgehead atoms. The van der Waals surface area contributed by atoms with Gasteiger partial charge >= 0.3 is 5.97 Å². The Morgan fingerprint density at radius 2 is 1.74 bits per heavy atom. The Hall–Kier alpha value is -2.94. The summed E-state index contributed by atoms with van der Waals surface area (Å²) in [5.74, 6) is -0.150. The second-order valence-corrected chi connectivity index (χ2v) is 9.96. The van der Waals surface area contributed by atoms with Gasteiger partial charge in [-0.15, -0.1) is 0 Å². The number of amides is 1. The minimum absolute atomic E-state index is 0.310. The normalized spacial score (nSPS) is 15.5. The van der Waals surface area contributed by atoms with Crippen molar-refractivity contribution in [3.63, 3.8) is 0 Å². The van der Waals surface area contributed by atoms with Gasteiger partial charge in [-0.1, -0.05) is 94.5 Å². The highest BCUT2D eigenvalue weighted by Crippen LogP contribution is 2.38. The molecular weight excluding hydrogens is 534 g/mol. The Kier molecular flexibility index (Phi) is 7.82. The quantitative estimate of drug-likeness (QED) is 0.199. The molecule has 8 heteroatoms. The van der Waals surface area contributed by atoms with E-state index in [1.165, 1.54) is 23.8 Å². The molecule has 0 spiro atoms. The Morgan fingerprint density at radius 1 is 1.06 bits per heavy atom. The number of ether oxygens (including phenoxy) is 2. The Labute approximate surface area is 215 Å².